The second kappa shape index (κ2) is 3.43. The summed E-state index contributed by atoms with van der Waals surface area (Å²) in [5.41, 5.74) is -1.72. The van der Waals surface area contributed by atoms with E-state index in [1.165, 1.54) is 6.07 Å². The Kier molecular flexibility index (Phi) is 2.48. The van der Waals surface area contributed by atoms with Crippen LogP contribution in [0, 0.1) is 23.7 Å². The van der Waals surface area contributed by atoms with Gasteiger partial charge in [0.2, 0.25) is 0 Å². The SMILES string of the molecule is C#CCn1cc(C#N)c(C(F)(F)F)n1. The predicted octanol–water partition coefficient (Wildman–Crippen LogP) is 1.41. The summed E-state index contributed by atoms with van der Waals surface area (Å²) in [4.78, 5) is 0. The van der Waals surface area contributed by atoms with E-state index < -0.39 is 17.4 Å². The van der Waals surface area contributed by atoms with Crippen molar-refractivity contribution in [1.82, 2.24) is 9.78 Å². The fourth-order valence-electron chi connectivity index (χ4n) is 0.887. The van der Waals surface area contributed by atoms with Crippen LogP contribution in [0.1, 0.15) is 11.3 Å². The minimum absolute atomic E-state index is 0.0925. The largest absolute Gasteiger partial charge is 0.436 e. The molecule has 0 amide bonds. The van der Waals surface area contributed by atoms with Gasteiger partial charge in [0.15, 0.2) is 5.69 Å². The summed E-state index contributed by atoms with van der Waals surface area (Å²) in [5.74, 6) is 2.12. The van der Waals surface area contributed by atoms with Crippen molar-refractivity contribution in [3.8, 4) is 18.4 Å². The summed E-state index contributed by atoms with van der Waals surface area (Å²) < 4.78 is 37.5. The van der Waals surface area contributed by atoms with Gasteiger partial charge in [-0.2, -0.15) is 23.5 Å². The van der Waals surface area contributed by atoms with Crippen LogP contribution >= 0.6 is 0 Å². The maximum Gasteiger partial charge on any atom is 0.436 e. The van der Waals surface area contributed by atoms with Crippen molar-refractivity contribution in [3.63, 3.8) is 0 Å². The highest BCUT2D eigenvalue weighted by Gasteiger charge is 2.37. The highest BCUT2D eigenvalue weighted by atomic mass is 19.4. The molecule has 1 aromatic heterocycles. The first-order valence-corrected chi connectivity index (χ1v) is 3.47. The molecule has 0 unspecified atom stereocenters. The summed E-state index contributed by atoms with van der Waals surface area (Å²) in [5, 5.41) is 11.6. The van der Waals surface area contributed by atoms with Crippen LogP contribution in [-0.2, 0) is 12.7 Å². The fourth-order valence-corrected chi connectivity index (χ4v) is 0.887. The Morgan fingerprint density at radius 1 is 1.57 bits per heavy atom. The molecule has 0 saturated carbocycles. The molecule has 72 valence electrons. The molecule has 0 saturated heterocycles. The fraction of sp³-hybridized carbons (Fsp3) is 0.250. The molecule has 0 aliphatic carbocycles. The summed E-state index contributed by atoms with van der Waals surface area (Å²) >= 11 is 0. The van der Waals surface area contributed by atoms with Crippen molar-refractivity contribution >= 4 is 0 Å². The maximum absolute atomic E-state index is 12.2. The van der Waals surface area contributed by atoms with Gasteiger partial charge in [-0.15, -0.1) is 6.42 Å². The van der Waals surface area contributed by atoms with E-state index in [0.29, 0.717) is 0 Å². The van der Waals surface area contributed by atoms with Crippen molar-refractivity contribution in [2.75, 3.05) is 0 Å². The molecule has 6 heteroatoms. The topological polar surface area (TPSA) is 41.6 Å². The molecule has 0 bridgehead atoms. The number of nitriles is 1. The van der Waals surface area contributed by atoms with Gasteiger partial charge in [0.1, 0.15) is 18.2 Å². The minimum atomic E-state index is -4.62. The van der Waals surface area contributed by atoms with Gasteiger partial charge >= 0.3 is 6.18 Å². The van der Waals surface area contributed by atoms with Crippen molar-refractivity contribution < 1.29 is 13.2 Å². The third-order valence-corrected chi connectivity index (χ3v) is 1.40. The number of aromatic nitrogens is 2. The highest BCUT2D eigenvalue weighted by Crippen LogP contribution is 2.30. The Morgan fingerprint density at radius 2 is 2.21 bits per heavy atom. The quantitative estimate of drug-likeness (QED) is 0.641. The lowest BCUT2D eigenvalue weighted by molar-refractivity contribution is -0.141. The first-order chi connectivity index (χ1) is 6.49. The molecule has 0 spiro atoms. The second-order valence-corrected chi connectivity index (χ2v) is 2.40. The van der Waals surface area contributed by atoms with Gasteiger partial charge in [0.25, 0.3) is 0 Å². The van der Waals surface area contributed by atoms with E-state index in [9.17, 15) is 13.2 Å². The van der Waals surface area contributed by atoms with Gasteiger partial charge in [-0.05, 0) is 0 Å². The Bertz CT molecular complexity index is 417. The normalized spacial score (nSPS) is 10.6. The zero-order valence-electron chi connectivity index (χ0n) is 6.84. The third-order valence-electron chi connectivity index (χ3n) is 1.40. The van der Waals surface area contributed by atoms with Crippen LogP contribution in [0.25, 0.3) is 0 Å². The van der Waals surface area contributed by atoms with Crippen LogP contribution in [0.5, 0.6) is 0 Å². The van der Waals surface area contributed by atoms with Gasteiger partial charge in [-0.1, -0.05) is 5.92 Å². The van der Waals surface area contributed by atoms with Crippen molar-refractivity contribution in [1.29, 1.82) is 5.26 Å². The molecule has 1 rings (SSSR count). The van der Waals surface area contributed by atoms with E-state index in [1.807, 2.05) is 0 Å². The number of terminal acetylenes is 1. The van der Waals surface area contributed by atoms with Crippen LogP contribution in [0.4, 0.5) is 13.2 Å². The number of rotatable bonds is 1. The predicted molar refractivity (Wildman–Crippen MR) is 40.8 cm³/mol. The summed E-state index contributed by atoms with van der Waals surface area (Å²) in [6, 6.07) is 1.41. The van der Waals surface area contributed by atoms with Gasteiger partial charge in [0, 0.05) is 6.20 Å². The third kappa shape index (κ3) is 1.86. The van der Waals surface area contributed by atoms with E-state index in [4.69, 9.17) is 11.7 Å². The molecule has 1 aromatic rings. The minimum Gasteiger partial charge on any atom is -0.259 e. The zero-order chi connectivity index (χ0) is 10.8. The lowest BCUT2D eigenvalue weighted by Gasteiger charge is -2.00. The molecular weight excluding hydrogens is 195 g/mol. The average molecular weight is 199 g/mol. The zero-order valence-corrected chi connectivity index (χ0v) is 6.84. The summed E-state index contributed by atoms with van der Waals surface area (Å²) in [6.45, 7) is -0.0925. The molecule has 14 heavy (non-hydrogen) atoms. The molecule has 3 nitrogen and oxygen atoms in total. The van der Waals surface area contributed by atoms with Crippen molar-refractivity contribution in [2.24, 2.45) is 0 Å². The standard InChI is InChI=1S/C8H4F3N3/c1-2-3-14-5-6(4-12)7(13-14)8(9,10)11/h1,5H,3H2. The van der Waals surface area contributed by atoms with Crippen LogP contribution in [0.3, 0.4) is 0 Å². The van der Waals surface area contributed by atoms with E-state index in [-0.39, 0.29) is 6.54 Å². The molecule has 0 aliphatic rings. The molecule has 1 heterocycles. The van der Waals surface area contributed by atoms with Gasteiger partial charge in [0.05, 0.1) is 0 Å². The molecular formula is C8H4F3N3. The number of hydrogen-bond acceptors (Lipinski definition) is 2. The summed E-state index contributed by atoms with van der Waals surface area (Å²) in [6.07, 6.45) is 1.25. The Morgan fingerprint density at radius 3 is 2.57 bits per heavy atom. The average Bonchev–Trinajstić information content (AvgIpc) is 2.47. The molecule has 0 fully saturated rings. The maximum atomic E-state index is 12.2. The van der Waals surface area contributed by atoms with Crippen LogP contribution < -0.4 is 0 Å². The Labute approximate surface area is 77.8 Å². The lowest BCUT2D eigenvalue weighted by atomic mass is 10.3. The van der Waals surface area contributed by atoms with Gasteiger partial charge in [-0.3, -0.25) is 4.68 Å². The molecule has 0 radical (unpaired) electrons. The van der Waals surface area contributed by atoms with E-state index >= 15 is 0 Å². The van der Waals surface area contributed by atoms with Crippen molar-refractivity contribution in [2.45, 2.75) is 12.7 Å². The first kappa shape index (κ1) is 10.1. The van der Waals surface area contributed by atoms with E-state index in [2.05, 4.69) is 11.0 Å². The monoisotopic (exact) mass is 199 g/mol. The molecule has 0 atom stereocenters. The Hall–Kier alpha value is -1.95. The van der Waals surface area contributed by atoms with Gasteiger partial charge in [-0.25, -0.2) is 0 Å². The smallest absolute Gasteiger partial charge is 0.259 e. The number of nitrogens with zero attached hydrogens (tertiary/aromatic N) is 3. The number of hydrogen-bond donors (Lipinski definition) is 0. The first-order valence-electron chi connectivity index (χ1n) is 3.47. The number of halogens is 3. The van der Waals surface area contributed by atoms with Crippen molar-refractivity contribution in [3.05, 3.63) is 17.5 Å². The highest BCUT2D eigenvalue weighted by molar-refractivity contribution is 5.32. The van der Waals surface area contributed by atoms with E-state index in [1.54, 1.807) is 0 Å². The molecule has 0 aliphatic heterocycles. The molecule has 0 N–H and O–H groups in total. The van der Waals surface area contributed by atoms with Crippen LogP contribution in [0.2, 0.25) is 0 Å². The van der Waals surface area contributed by atoms with Gasteiger partial charge < -0.3 is 0 Å². The number of alkyl halides is 3. The van der Waals surface area contributed by atoms with Crippen LogP contribution in [-0.4, -0.2) is 9.78 Å². The van der Waals surface area contributed by atoms with E-state index in [0.717, 1.165) is 10.9 Å². The van der Waals surface area contributed by atoms with Crippen LogP contribution in [0.15, 0.2) is 6.20 Å². The molecule has 0 aromatic carbocycles. The second-order valence-electron chi connectivity index (χ2n) is 2.40. The Balaban J connectivity index is 3.19. The summed E-state index contributed by atoms with van der Waals surface area (Å²) in [7, 11) is 0. The lowest BCUT2D eigenvalue weighted by Crippen LogP contribution is -2.09.